The van der Waals surface area contributed by atoms with Crippen LogP contribution < -0.4 is 0 Å². The van der Waals surface area contributed by atoms with Crippen LogP contribution >= 0.6 is 23.1 Å². The molecule has 1 atom stereocenters. The van der Waals surface area contributed by atoms with Gasteiger partial charge >= 0.3 is 0 Å². The number of amides is 1. The van der Waals surface area contributed by atoms with Crippen LogP contribution in [0.3, 0.4) is 0 Å². The molecule has 4 heterocycles. The van der Waals surface area contributed by atoms with Crippen molar-refractivity contribution in [3.63, 3.8) is 0 Å². The minimum atomic E-state index is -2.98. The van der Waals surface area contributed by atoms with Gasteiger partial charge in [-0.1, -0.05) is 11.8 Å². The van der Waals surface area contributed by atoms with Crippen LogP contribution in [0.1, 0.15) is 29.4 Å². The Bertz CT molecular complexity index is 1200. The van der Waals surface area contributed by atoms with Crippen molar-refractivity contribution in [3.8, 4) is 0 Å². The Morgan fingerprint density at radius 2 is 2.17 bits per heavy atom. The third-order valence-electron chi connectivity index (χ3n) is 5.41. The van der Waals surface area contributed by atoms with Crippen molar-refractivity contribution in [2.24, 2.45) is 0 Å². The van der Waals surface area contributed by atoms with Gasteiger partial charge in [-0.25, -0.2) is 18.4 Å². The molecule has 4 rings (SSSR count). The fourth-order valence-electron chi connectivity index (χ4n) is 3.70. The Kier molecular flexibility index (Phi) is 5.86. The molecule has 0 radical (unpaired) electrons. The van der Waals surface area contributed by atoms with Crippen LogP contribution in [0.5, 0.6) is 0 Å². The first-order chi connectivity index (χ1) is 14.2. The van der Waals surface area contributed by atoms with Gasteiger partial charge in [0.15, 0.2) is 9.84 Å². The van der Waals surface area contributed by atoms with Crippen LogP contribution in [-0.4, -0.2) is 63.3 Å². The number of hydrogen-bond acceptors (Lipinski definition) is 8. The zero-order valence-electron chi connectivity index (χ0n) is 17.0. The molecule has 1 fully saturated rings. The van der Waals surface area contributed by atoms with Gasteiger partial charge < -0.3 is 4.90 Å². The average molecular weight is 466 g/mol. The molecule has 0 aromatic carbocycles. The molecule has 0 unspecified atom stereocenters. The zero-order valence-corrected chi connectivity index (χ0v) is 19.5. The van der Waals surface area contributed by atoms with Crippen LogP contribution in [0.15, 0.2) is 22.8 Å². The van der Waals surface area contributed by atoms with E-state index < -0.39 is 9.84 Å². The van der Waals surface area contributed by atoms with Gasteiger partial charge in [-0.3, -0.25) is 9.48 Å². The highest BCUT2D eigenvalue weighted by Crippen LogP contribution is 2.29. The molecule has 8 nitrogen and oxygen atoms in total. The molecule has 3 aromatic rings. The Labute approximate surface area is 183 Å². The van der Waals surface area contributed by atoms with Gasteiger partial charge in [-0.2, -0.15) is 5.10 Å². The maximum atomic E-state index is 12.7. The second kappa shape index (κ2) is 8.27. The van der Waals surface area contributed by atoms with Crippen LogP contribution in [-0.2, 0) is 21.2 Å². The number of sulfone groups is 1. The molecule has 30 heavy (non-hydrogen) atoms. The number of fused-ring (bicyclic) bond motifs is 1. The monoisotopic (exact) mass is 465 g/mol. The Hall–Kier alpha value is -1.98. The molecular weight excluding hydrogens is 442 g/mol. The summed E-state index contributed by atoms with van der Waals surface area (Å²) in [4.78, 5) is 23.9. The quantitative estimate of drug-likeness (QED) is 0.408. The topological polar surface area (TPSA) is 98.1 Å². The summed E-state index contributed by atoms with van der Waals surface area (Å²) in [5.74, 6) is 0.625. The SMILES string of the molecule is Cc1nn([C@@H]2CCS(=O)(=O)C2)c(C)c1CN(C)C(=O)CSc1ncnc2sccc12. The van der Waals surface area contributed by atoms with Crippen molar-refractivity contribution in [2.45, 2.75) is 37.9 Å². The highest BCUT2D eigenvalue weighted by atomic mass is 32.2. The third kappa shape index (κ3) is 4.23. The van der Waals surface area contributed by atoms with Crippen LogP contribution in [0.4, 0.5) is 0 Å². The van der Waals surface area contributed by atoms with Gasteiger partial charge in [0.1, 0.15) is 16.2 Å². The Morgan fingerprint density at radius 1 is 1.37 bits per heavy atom. The summed E-state index contributed by atoms with van der Waals surface area (Å²) >= 11 is 2.96. The average Bonchev–Trinajstić information content (AvgIpc) is 3.39. The first-order valence-corrected chi connectivity index (χ1v) is 13.2. The molecule has 1 amide bonds. The van der Waals surface area contributed by atoms with Crippen LogP contribution in [0.2, 0.25) is 0 Å². The van der Waals surface area contributed by atoms with E-state index in [4.69, 9.17) is 0 Å². The fourth-order valence-corrected chi connectivity index (χ4v) is 7.11. The highest BCUT2D eigenvalue weighted by Gasteiger charge is 2.31. The third-order valence-corrected chi connectivity index (χ3v) is 8.97. The standard InChI is InChI=1S/C19H23N5O3S3/c1-12-16(13(2)24(22-12)14-5-7-30(26,27)10-14)8-23(3)17(25)9-29-19-15-4-6-28-18(15)20-11-21-19/h4,6,11,14H,5,7-10H2,1-3H3/t14-/m1/s1. The predicted octanol–water partition coefficient (Wildman–Crippen LogP) is 2.61. The number of carbonyl (C=O) groups is 1. The van der Waals surface area contributed by atoms with Gasteiger partial charge in [0.2, 0.25) is 5.91 Å². The molecular formula is C19H23N5O3S3. The molecule has 0 aliphatic carbocycles. The lowest BCUT2D eigenvalue weighted by atomic mass is 10.1. The molecule has 160 valence electrons. The maximum absolute atomic E-state index is 12.7. The van der Waals surface area contributed by atoms with Crippen molar-refractivity contribution >= 4 is 49.1 Å². The number of aromatic nitrogens is 4. The molecule has 3 aromatic heterocycles. The smallest absolute Gasteiger partial charge is 0.233 e. The lowest BCUT2D eigenvalue weighted by Gasteiger charge is -2.18. The minimum absolute atomic E-state index is 0.00279. The summed E-state index contributed by atoms with van der Waals surface area (Å²) in [5.41, 5.74) is 2.74. The summed E-state index contributed by atoms with van der Waals surface area (Å²) in [6.45, 7) is 4.29. The Morgan fingerprint density at radius 3 is 2.90 bits per heavy atom. The van der Waals surface area contributed by atoms with E-state index in [-0.39, 0.29) is 29.2 Å². The highest BCUT2D eigenvalue weighted by molar-refractivity contribution is 8.00. The van der Waals surface area contributed by atoms with E-state index in [0.717, 1.165) is 32.2 Å². The lowest BCUT2D eigenvalue weighted by Crippen LogP contribution is -2.28. The molecule has 0 spiro atoms. The number of carbonyl (C=O) groups excluding carboxylic acids is 1. The molecule has 0 bridgehead atoms. The second-order valence-electron chi connectivity index (χ2n) is 7.51. The molecule has 1 saturated heterocycles. The number of rotatable bonds is 6. The second-order valence-corrected chi connectivity index (χ2v) is 11.6. The van der Waals surface area contributed by atoms with Crippen LogP contribution in [0.25, 0.3) is 10.2 Å². The van der Waals surface area contributed by atoms with E-state index in [9.17, 15) is 13.2 Å². The first kappa shape index (κ1) is 21.3. The van der Waals surface area contributed by atoms with E-state index in [1.165, 1.54) is 18.1 Å². The van der Waals surface area contributed by atoms with E-state index in [2.05, 4.69) is 15.1 Å². The van der Waals surface area contributed by atoms with Gasteiger partial charge in [-0.05, 0) is 31.7 Å². The predicted molar refractivity (Wildman–Crippen MR) is 119 cm³/mol. The largest absolute Gasteiger partial charge is 0.341 e. The van der Waals surface area contributed by atoms with Crippen molar-refractivity contribution < 1.29 is 13.2 Å². The summed E-state index contributed by atoms with van der Waals surface area (Å²) < 4.78 is 25.5. The number of thioether (sulfide) groups is 1. The summed E-state index contributed by atoms with van der Waals surface area (Å²) in [6, 6.07) is 1.85. The number of nitrogens with zero attached hydrogens (tertiary/aromatic N) is 5. The van der Waals surface area contributed by atoms with Crippen molar-refractivity contribution in [1.29, 1.82) is 0 Å². The van der Waals surface area contributed by atoms with E-state index in [1.807, 2.05) is 30.0 Å². The molecule has 1 aliphatic heterocycles. The minimum Gasteiger partial charge on any atom is -0.341 e. The van der Waals surface area contributed by atoms with E-state index in [1.54, 1.807) is 23.3 Å². The van der Waals surface area contributed by atoms with Crippen molar-refractivity contribution in [2.75, 3.05) is 24.3 Å². The summed E-state index contributed by atoms with van der Waals surface area (Å²) in [7, 11) is -1.21. The molecule has 1 aliphatic rings. The van der Waals surface area contributed by atoms with Gasteiger partial charge in [0.05, 0.1) is 29.0 Å². The number of hydrogen-bond donors (Lipinski definition) is 0. The fraction of sp³-hybridized carbons (Fsp3) is 0.474. The number of thiophene rings is 1. The molecule has 0 N–H and O–H groups in total. The molecule has 0 saturated carbocycles. The van der Waals surface area contributed by atoms with Crippen molar-refractivity contribution in [1.82, 2.24) is 24.6 Å². The van der Waals surface area contributed by atoms with Gasteiger partial charge in [-0.15, -0.1) is 11.3 Å². The first-order valence-electron chi connectivity index (χ1n) is 9.55. The zero-order chi connectivity index (χ0) is 21.5. The summed E-state index contributed by atoms with van der Waals surface area (Å²) in [5, 5.41) is 8.34. The van der Waals surface area contributed by atoms with Crippen LogP contribution in [0, 0.1) is 13.8 Å². The summed E-state index contributed by atoms with van der Waals surface area (Å²) in [6.07, 6.45) is 2.12. The Balaban J connectivity index is 1.43. The van der Waals surface area contributed by atoms with E-state index >= 15 is 0 Å². The molecule has 11 heteroatoms. The van der Waals surface area contributed by atoms with E-state index in [0.29, 0.717) is 13.0 Å². The van der Waals surface area contributed by atoms with Gasteiger partial charge in [0.25, 0.3) is 0 Å². The maximum Gasteiger partial charge on any atom is 0.233 e. The van der Waals surface area contributed by atoms with Crippen molar-refractivity contribution in [3.05, 3.63) is 34.7 Å². The lowest BCUT2D eigenvalue weighted by molar-refractivity contribution is -0.127. The normalized spacial score (nSPS) is 18.2. The number of aryl methyl sites for hydroxylation is 1. The van der Waals surface area contributed by atoms with Gasteiger partial charge in [0, 0.05) is 30.2 Å².